The Labute approximate surface area is 141 Å². The van der Waals surface area contributed by atoms with Gasteiger partial charge >= 0.3 is 15.5 Å². The predicted molar refractivity (Wildman–Crippen MR) is 88.1 cm³/mol. The normalized spacial score (nSPS) is 19.0. The summed E-state index contributed by atoms with van der Waals surface area (Å²) >= 11 is 0. The van der Waals surface area contributed by atoms with E-state index in [-0.39, 0.29) is 19.1 Å². The first-order valence-corrected chi connectivity index (χ1v) is 9.38. The van der Waals surface area contributed by atoms with Gasteiger partial charge < -0.3 is 10.6 Å². The number of halogens is 3. The van der Waals surface area contributed by atoms with Crippen LogP contribution in [0.4, 0.5) is 13.2 Å². The number of hydrogen-bond acceptors (Lipinski definition) is 3. The van der Waals surface area contributed by atoms with Crippen molar-refractivity contribution in [1.82, 2.24) is 14.9 Å². The molecule has 0 aliphatic carbocycles. The molecule has 24 heavy (non-hydrogen) atoms. The molecule has 1 fully saturated rings. The average Bonchev–Trinajstić information content (AvgIpc) is 2.51. The van der Waals surface area contributed by atoms with Crippen molar-refractivity contribution in [1.29, 1.82) is 0 Å². The maximum absolute atomic E-state index is 12.5. The van der Waals surface area contributed by atoms with Crippen molar-refractivity contribution in [2.45, 2.75) is 44.7 Å². The Morgan fingerprint density at radius 3 is 2.46 bits per heavy atom. The zero-order valence-electron chi connectivity index (χ0n) is 13.9. The minimum atomic E-state index is -5.24. The monoisotopic (exact) mass is 370 g/mol. The first-order valence-electron chi connectivity index (χ1n) is 7.94. The van der Waals surface area contributed by atoms with E-state index in [0.717, 1.165) is 6.42 Å². The summed E-state index contributed by atoms with van der Waals surface area (Å²) in [5.41, 5.74) is -5.24. The molecule has 10 heteroatoms. The van der Waals surface area contributed by atoms with E-state index in [4.69, 9.17) is 0 Å². The molecule has 140 valence electrons. The van der Waals surface area contributed by atoms with Gasteiger partial charge in [0.1, 0.15) is 0 Å². The number of allylic oxidation sites excluding steroid dienone is 1. The maximum atomic E-state index is 12.5. The third-order valence-electron chi connectivity index (χ3n) is 3.57. The third-order valence-corrected chi connectivity index (χ3v) is 5.20. The number of alkyl halides is 3. The van der Waals surface area contributed by atoms with Crippen molar-refractivity contribution in [2.24, 2.45) is 4.99 Å². The van der Waals surface area contributed by atoms with Crippen LogP contribution in [0.15, 0.2) is 17.1 Å². The first kappa shape index (κ1) is 20.8. The molecule has 2 N–H and O–H groups in total. The van der Waals surface area contributed by atoms with E-state index in [9.17, 15) is 21.6 Å². The van der Waals surface area contributed by atoms with Crippen molar-refractivity contribution in [3.63, 3.8) is 0 Å². The van der Waals surface area contributed by atoms with E-state index in [1.165, 1.54) is 0 Å². The first-order chi connectivity index (χ1) is 11.2. The number of rotatable bonds is 6. The SMILES string of the molecule is C/C=C/CCN=C(NCC)NC1CCN(S(=O)(=O)C(F)(F)F)CC1. The fourth-order valence-corrected chi connectivity index (χ4v) is 3.30. The fourth-order valence-electron chi connectivity index (χ4n) is 2.32. The van der Waals surface area contributed by atoms with E-state index >= 15 is 0 Å². The lowest BCUT2D eigenvalue weighted by Gasteiger charge is -2.32. The lowest BCUT2D eigenvalue weighted by molar-refractivity contribution is -0.0494. The van der Waals surface area contributed by atoms with Gasteiger partial charge in [-0.05, 0) is 33.1 Å². The second-order valence-electron chi connectivity index (χ2n) is 5.39. The minimum Gasteiger partial charge on any atom is -0.357 e. The molecule has 0 saturated carbocycles. The van der Waals surface area contributed by atoms with Gasteiger partial charge in [0.25, 0.3) is 0 Å². The van der Waals surface area contributed by atoms with Gasteiger partial charge in [0.2, 0.25) is 0 Å². The summed E-state index contributed by atoms with van der Waals surface area (Å²) in [6.07, 6.45) is 5.33. The Kier molecular flexibility index (Phi) is 8.01. The Morgan fingerprint density at radius 1 is 1.33 bits per heavy atom. The molecule has 6 nitrogen and oxygen atoms in total. The summed E-state index contributed by atoms with van der Waals surface area (Å²) in [5.74, 6) is 0.596. The molecule has 1 aliphatic rings. The van der Waals surface area contributed by atoms with Crippen LogP contribution in [-0.4, -0.2) is 56.4 Å². The van der Waals surface area contributed by atoms with E-state index in [0.29, 0.717) is 36.2 Å². The van der Waals surface area contributed by atoms with Crippen LogP contribution in [-0.2, 0) is 10.0 Å². The molecule has 0 bridgehead atoms. The van der Waals surface area contributed by atoms with E-state index in [1.807, 2.05) is 26.0 Å². The maximum Gasteiger partial charge on any atom is 0.511 e. The van der Waals surface area contributed by atoms with Gasteiger partial charge in [0, 0.05) is 32.2 Å². The fraction of sp³-hybridized carbons (Fsp3) is 0.786. The molecule has 0 spiro atoms. The number of sulfonamides is 1. The molecular weight excluding hydrogens is 345 g/mol. The molecule has 0 aromatic carbocycles. The number of piperidine rings is 1. The van der Waals surface area contributed by atoms with Crippen LogP contribution < -0.4 is 10.6 Å². The van der Waals surface area contributed by atoms with Crippen LogP contribution >= 0.6 is 0 Å². The highest BCUT2D eigenvalue weighted by atomic mass is 32.2. The van der Waals surface area contributed by atoms with Gasteiger partial charge in [-0.25, -0.2) is 8.42 Å². The predicted octanol–water partition coefficient (Wildman–Crippen LogP) is 1.82. The average molecular weight is 370 g/mol. The second kappa shape index (κ2) is 9.26. The zero-order valence-corrected chi connectivity index (χ0v) is 14.8. The second-order valence-corrected chi connectivity index (χ2v) is 7.32. The smallest absolute Gasteiger partial charge is 0.357 e. The summed E-state index contributed by atoms with van der Waals surface area (Å²) < 4.78 is 60.9. The molecule has 1 rings (SSSR count). The van der Waals surface area contributed by atoms with Gasteiger partial charge in [-0.2, -0.15) is 17.5 Å². The van der Waals surface area contributed by atoms with Crippen LogP contribution in [0, 0.1) is 0 Å². The topological polar surface area (TPSA) is 73.8 Å². The zero-order chi connectivity index (χ0) is 18.2. The molecule has 0 atom stereocenters. The van der Waals surface area contributed by atoms with E-state index < -0.39 is 15.5 Å². The molecular formula is C14H25F3N4O2S. The highest BCUT2D eigenvalue weighted by Crippen LogP contribution is 2.28. The molecule has 1 heterocycles. The van der Waals surface area contributed by atoms with Crippen molar-refractivity contribution in [3.05, 3.63) is 12.2 Å². The van der Waals surface area contributed by atoms with Crippen molar-refractivity contribution in [2.75, 3.05) is 26.2 Å². The van der Waals surface area contributed by atoms with Crippen molar-refractivity contribution < 1.29 is 21.6 Å². The van der Waals surface area contributed by atoms with Gasteiger partial charge in [0.05, 0.1) is 0 Å². The van der Waals surface area contributed by atoms with Gasteiger partial charge in [-0.3, -0.25) is 4.99 Å². The largest absolute Gasteiger partial charge is 0.511 e. The number of hydrogen-bond donors (Lipinski definition) is 2. The summed E-state index contributed by atoms with van der Waals surface area (Å²) in [5, 5.41) is 6.23. The van der Waals surface area contributed by atoms with E-state index in [2.05, 4.69) is 15.6 Å². The van der Waals surface area contributed by atoms with Crippen LogP contribution in [0.5, 0.6) is 0 Å². The highest BCUT2D eigenvalue weighted by Gasteiger charge is 2.50. The van der Waals surface area contributed by atoms with Crippen LogP contribution in [0.2, 0.25) is 0 Å². The highest BCUT2D eigenvalue weighted by molar-refractivity contribution is 7.90. The molecule has 0 aromatic rings. The Bertz CT molecular complexity index is 539. The molecule has 1 saturated heterocycles. The molecule has 1 aliphatic heterocycles. The number of nitrogens with zero attached hydrogens (tertiary/aromatic N) is 2. The third kappa shape index (κ3) is 5.97. The lowest BCUT2D eigenvalue weighted by atomic mass is 10.1. The van der Waals surface area contributed by atoms with Gasteiger partial charge in [-0.15, -0.1) is 0 Å². The standard InChI is InChI=1S/C14H25F3N4O2S/c1-3-5-6-9-19-13(18-4-2)20-12-7-10-21(11-8-12)24(22,23)14(15,16)17/h3,5,12H,4,6-11H2,1-2H3,(H2,18,19,20)/b5-3+. The molecule has 0 unspecified atom stereocenters. The number of guanidine groups is 1. The molecule has 0 amide bonds. The summed E-state index contributed by atoms with van der Waals surface area (Å²) in [6.45, 7) is 4.80. The van der Waals surface area contributed by atoms with Crippen molar-refractivity contribution >= 4 is 16.0 Å². The molecule has 0 aromatic heterocycles. The lowest BCUT2D eigenvalue weighted by Crippen LogP contribution is -2.51. The van der Waals surface area contributed by atoms with Crippen LogP contribution in [0.1, 0.15) is 33.1 Å². The number of aliphatic imine (C=N–C) groups is 1. The minimum absolute atomic E-state index is 0.107. The number of nitrogens with one attached hydrogen (secondary N) is 2. The van der Waals surface area contributed by atoms with Gasteiger partial charge in [-0.1, -0.05) is 12.2 Å². The summed E-state index contributed by atoms with van der Waals surface area (Å²) in [6, 6.07) is -0.107. The van der Waals surface area contributed by atoms with Crippen LogP contribution in [0.25, 0.3) is 0 Å². The summed E-state index contributed by atoms with van der Waals surface area (Å²) in [7, 11) is -5.23. The summed E-state index contributed by atoms with van der Waals surface area (Å²) in [4.78, 5) is 4.38. The van der Waals surface area contributed by atoms with E-state index in [1.54, 1.807) is 0 Å². The Balaban J connectivity index is 2.57. The quantitative estimate of drug-likeness (QED) is 0.324. The Morgan fingerprint density at radius 2 is 1.96 bits per heavy atom. The van der Waals surface area contributed by atoms with Crippen molar-refractivity contribution in [3.8, 4) is 0 Å². The van der Waals surface area contributed by atoms with Crippen LogP contribution in [0.3, 0.4) is 0 Å². The Hall–Kier alpha value is -1.29. The van der Waals surface area contributed by atoms with Gasteiger partial charge in [0.15, 0.2) is 5.96 Å². The molecule has 0 radical (unpaired) electrons.